The predicted octanol–water partition coefficient (Wildman–Crippen LogP) is 3.29. The molecule has 2 aromatic carbocycles. The number of halogens is 2. The Balaban J connectivity index is 2.52. The molecule has 0 amide bonds. The highest BCUT2D eigenvalue weighted by atomic mass is 35.5. The van der Waals surface area contributed by atoms with Crippen LogP contribution in [0.4, 0.5) is 5.69 Å². The molecule has 0 spiro atoms. The number of benzene rings is 2. The van der Waals surface area contributed by atoms with Crippen molar-refractivity contribution >= 4 is 34.6 Å². The maximum atomic E-state index is 5.96. The third-order valence-corrected chi connectivity index (χ3v) is 3.00. The van der Waals surface area contributed by atoms with Crippen molar-refractivity contribution in [2.24, 2.45) is 10.9 Å². The standard InChI is InChI=1S/C13H11Cl2N3/c14-9-3-1-8(2-4-9)13(18-17)11-7-10(15)5-6-12(11)16/h1-7H,16-17H2. The first-order valence-electron chi connectivity index (χ1n) is 5.21. The van der Waals surface area contributed by atoms with Gasteiger partial charge in [0, 0.05) is 26.9 Å². The number of anilines is 1. The lowest BCUT2D eigenvalue weighted by Gasteiger charge is -2.09. The summed E-state index contributed by atoms with van der Waals surface area (Å²) in [5, 5.41) is 5.02. The molecule has 0 saturated carbocycles. The minimum Gasteiger partial charge on any atom is -0.398 e. The number of nitrogens with two attached hydrogens (primary N) is 2. The minimum atomic E-state index is 0.568. The molecule has 2 rings (SSSR count). The molecular weight excluding hydrogens is 269 g/mol. The first-order valence-corrected chi connectivity index (χ1v) is 5.96. The van der Waals surface area contributed by atoms with E-state index in [9.17, 15) is 0 Å². The van der Waals surface area contributed by atoms with Gasteiger partial charge < -0.3 is 11.6 Å². The van der Waals surface area contributed by atoms with E-state index in [0.717, 1.165) is 5.56 Å². The molecule has 0 atom stereocenters. The third kappa shape index (κ3) is 2.58. The normalized spacial score (nSPS) is 11.6. The van der Waals surface area contributed by atoms with Gasteiger partial charge in [-0.05, 0) is 30.3 Å². The second-order valence-electron chi connectivity index (χ2n) is 3.72. The number of rotatable bonds is 2. The lowest BCUT2D eigenvalue weighted by molar-refractivity contribution is 1.24. The Hall–Kier alpha value is -1.71. The Morgan fingerprint density at radius 2 is 1.56 bits per heavy atom. The Bertz CT molecular complexity index is 592. The zero-order chi connectivity index (χ0) is 13.1. The van der Waals surface area contributed by atoms with Crippen molar-refractivity contribution < 1.29 is 0 Å². The fraction of sp³-hybridized carbons (Fsp3) is 0. The number of hydrazone groups is 1. The van der Waals surface area contributed by atoms with Crippen LogP contribution in [-0.4, -0.2) is 5.71 Å². The molecule has 92 valence electrons. The van der Waals surface area contributed by atoms with Gasteiger partial charge in [0.15, 0.2) is 0 Å². The summed E-state index contributed by atoms with van der Waals surface area (Å²) < 4.78 is 0. The SMILES string of the molecule is NN=C(c1ccc(Cl)cc1)c1cc(Cl)ccc1N. The molecule has 5 heteroatoms. The van der Waals surface area contributed by atoms with Crippen molar-refractivity contribution in [1.29, 1.82) is 0 Å². The minimum absolute atomic E-state index is 0.568. The van der Waals surface area contributed by atoms with Crippen LogP contribution in [-0.2, 0) is 0 Å². The van der Waals surface area contributed by atoms with Crippen LogP contribution in [0.25, 0.3) is 0 Å². The van der Waals surface area contributed by atoms with E-state index in [1.807, 2.05) is 12.1 Å². The maximum absolute atomic E-state index is 5.96. The highest BCUT2D eigenvalue weighted by molar-refractivity contribution is 6.32. The monoisotopic (exact) mass is 279 g/mol. The second-order valence-corrected chi connectivity index (χ2v) is 4.59. The molecule has 0 aliphatic rings. The van der Waals surface area contributed by atoms with Crippen LogP contribution in [0.5, 0.6) is 0 Å². The number of hydrogen-bond donors (Lipinski definition) is 2. The number of nitrogen functional groups attached to an aromatic ring is 1. The molecule has 0 heterocycles. The fourth-order valence-electron chi connectivity index (χ4n) is 1.64. The van der Waals surface area contributed by atoms with Crippen molar-refractivity contribution in [3.05, 3.63) is 63.6 Å². The average Bonchev–Trinajstić information content (AvgIpc) is 2.37. The summed E-state index contributed by atoms with van der Waals surface area (Å²) in [4.78, 5) is 0. The summed E-state index contributed by atoms with van der Waals surface area (Å²) in [5.41, 5.74) is 8.59. The van der Waals surface area contributed by atoms with E-state index in [4.69, 9.17) is 34.8 Å². The lowest BCUT2D eigenvalue weighted by atomic mass is 10.0. The first-order chi connectivity index (χ1) is 8.61. The van der Waals surface area contributed by atoms with E-state index < -0.39 is 0 Å². The molecule has 0 bridgehead atoms. The smallest absolute Gasteiger partial charge is 0.0992 e. The second kappa shape index (κ2) is 5.29. The summed E-state index contributed by atoms with van der Waals surface area (Å²) in [6.07, 6.45) is 0. The van der Waals surface area contributed by atoms with E-state index in [1.54, 1.807) is 30.3 Å². The van der Waals surface area contributed by atoms with E-state index in [-0.39, 0.29) is 0 Å². The molecule has 0 aliphatic carbocycles. The Labute approximate surface area is 115 Å². The Morgan fingerprint density at radius 1 is 0.944 bits per heavy atom. The maximum Gasteiger partial charge on any atom is 0.0992 e. The van der Waals surface area contributed by atoms with Crippen LogP contribution in [0.15, 0.2) is 47.6 Å². The molecule has 0 fully saturated rings. The first kappa shape index (κ1) is 12.7. The van der Waals surface area contributed by atoms with Crippen LogP contribution in [0.2, 0.25) is 10.0 Å². The van der Waals surface area contributed by atoms with Crippen LogP contribution >= 0.6 is 23.2 Å². The van der Waals surface area contributed by atoms with Gasteiger partial charge in [-0.15, -0.1) is 0 Å². The molecular formula is C13H11Cl2N3. The topological polar surface area (TPSA) is 64.4 Å². The molecule has 3 nitrogen and oxygen atoms in total. The molecule has 0 aliphatic heterocycles. The zero-order valence-corrected chi connectivity index (χ0v) is 10.9. The largest absolute Gasteiger partial charge is 0.398 e. The van der Waals surface area contributed by atoms with Gasteiger partial charge in [0.1, 0.15) is 0 Å². The van der Waals surface area contributed by atoms with Crippen LogP contribution in [0.1, 0.15) is 11.1 Å². The van der Waals surface area contributed by atoms with Crippen molar-refractivity contribution in [3.63, 3.8) is 0 Å². The lowest BCUT2D eigenvalue weighted by Crippen LogP contribution is -2.09. The molecule has 2 aromatic rings. The van der Waals surface area contributed by atoms with Gasteiger partial charge in [-0.2, -0.15) is 5.10 Å². The number of nitrogens with zero attached hydrogens (tertiary/aromatic N) is 1. The summed E-state index contributed by atoms with van der Waals surface area (Å²) in [6, 6.07) is 12.4. The van der Waals surface area contributed by atoms with Gasteiger partial charge in [-0.3, -0.25) is 0 Å². The average molecular weight is 280 g/mol. The van der Waals surface area contributed by atoms with Gasteiger partial charge in [0.2, 0.25) is 0 Å². The Kier molecular flexibility index (Phi) is 3.75. The summed E-state index contributed by atoms with van der Waals surface area (Å²) >= 11 is 11.8. The molecule has 4 N–H and O–H groups in total. The van der Waals surface area contributed by atoms with Crippen molar-refractivity contribution in [3.8, 4) is 0 Å². The van der Waals surface area contributed by atoms with E-state index in [2.05, 4.69) is 5.10 Å². The van der Waals surface area contributed by atoms with E-state index >= 15 is 0 Å². The van der Waals surface area contributed by atoms with Crippen LogP contribution < -0.4 is 11.6 Å². The predicted molar refractivity (Wildman–Crippen MR) is 77.1 cm³/mol. The molecule has 0 radical (unpaired) electrons. The molecule has 0 aromatic heterocycles. The van der Waals surface area contributed by atoms with Gasteiger partial charge in [0.05, 0.1) is 5.71 Å². The Morgan fingerprint density at radius 3 is 2.17 bits per heavy atom. The molecule has 0 saturated heterocycles. The van der Waals surface area contributed by atoms with E-state index in [1.165, 1.54) is 0 Å². The fourth-order valence-corrected chi connectivity index (χ4v) is 1.94. The van der Waals surface area contributed by atoms with Crippen LogP contribution in [0, 0.1) is 0 Å². The van der Waals surface area contributed by atoms with Crippen molar-refractivity contribution in [1.82, 2.24) is 0 Å². The van der Waals surface area contributed by atoms with Crippen molar-refractivity contribution in [2.45, 2.75) is 0 Å². The highest BCUT2D eigenvalue weighted by Gasteiger charge is 2.11. The summed E-state index contributed by atoms with van der Waals surface area (Å²) in [7, 11) is 0. The summed E-state index contributed by atoms with van der Waals surface area (Å²) in [5.74, 6) is 5.45. The molecule has 0 unspecified atom stereocenters. The number of hydrogen-bond acceptors (Lipinski definition) is 3. The van der Waals surface area contributed by atoms with Crippen molar-refractivity contribution in [2.75, 3.05) is 5.73 Å². The van der Waals surface area contributed by atoms with Gasteiger partial charge in [0.25, 0.3) is 0 Å². The third-order valence-electron chi connectivity index (χ3n) is 2.52. The zero-order valence-electron chi connectivity index (χ0n) is 9.40. The quantitative estimate of drug-likeness (QED) is 0.384. The summed E-state index contributed by atoms with van der Waals surface area (Å²) in [6.45, 7) is 0. The van der Waals surface area contributed by atoms with Gasteiger partial charge in [-0.1, -0.05) is 35.3 Å². The van der Waals surface area contributed by atoms with Gasteiger partial charge >= 0.3 is 0 Å². The van der Waals surface area contributed by atoms with E-state index in [0.29, 0.717) is 27.0 Å². The highest BCUT2D eigenvalue weighted by Crippen LogP contribution is 2.22. The van der Waals surface area contributed by atoms with Gasteiger partial charge in [-0.25, -0.2) is 0 Å². The van der Waals surface area contributed by atoms with Crippen LogP contribution in [0.3, 0.4) is 0 Å². The molecule has 18 heavy (non-hydrogen) atoms.